The van der Waals surface area contributed by atoms with Crippen LogP contribution in [0.5, 0.6) is 11.5 Å². The number of nitrogens with two attached hydrogens (primary N) is 1. The normalized spacial score (nSPS) is 10.2. The number of nitrogen functional groups attached to an aromatic ring is 1. The molecule has 17 heavy (non-hydrogen) atoms. The van der Waals surface area contributed by atoms with Gasteiger partial charge in [0.25, 0.3) is 0 Å². The number of methoxy groups -OCH3 is 1. The van der Waals surface area contributed by atoms with E-state index in [1.54, 1.807) is 13.2 Å². The molecule has 2 rings (SSSR count). The lowest BCUT2D eigenvalue weighted by atomic mass is 10.1. The topological polar surface area (TPSA) is 70.5 Å². The van der Waals surface area contributed by atoms with Crippen LogP contribution in [0.15, 0.2) is 28.8 Å². The molecule has 2 N–H and O–H groups in total. The molecule has 0 amide bonds. The Hall–Kier alpha value is -2.17. The molecule has 5 heteroatoms. The van der Waals surface area contributed by atoms with Crippen LogP contribution in [0.4, 0.5) is 5.82 Å². The fourth-order valence-electron chi connectivity index (χ4n) is 1.58. The van der Waals surface area contributed by atoms with Gasteiger partial charge in [0.1, 0.15) is 0 Å². The molecule has 90 valence electrons. The predicted molar refractivity (Wildman–Crippen MR) is 64.1 cm³/mol. The minimum absolute atomic E-state index is 0.338. The van der Waals surface area contributed by atoms with Gasteiger partial charge in [-0.1, -0.05) is 11.2 Å². The maximum Gasteiger partial charge on any atom is 0.172 e. The summed E-state index contributed by atoms with van der Waals surface area (Å²) in [5.41, 5.74) is 6.31. The molecule has 0 saturated carbocycles. The van der Waals surface area contributed by atoms with Gasteiger partial charge >= 0.3 is 0 Å². The van der Waals surface area contributed by atoms with Gasteiger partial charge in [-0.3, -0.25) is 0 Å². The molecule has 1 aromatic carbocycles. The van der Waals surface area contributed by atoms with Gasteiger partial charge in [-0.25, -0.2) is 0 Å². The molecule has 0 aliphatic carbocycles. The van der Waals surface area contributed by atoms with E-state index in [9.17, 15) is 0 Å². The Morgan fingerprint density at radius 1 is 1.41 bits per heavy atom. The highest BCUT2D eigenvalue weighted by Gasteiger charge is 2.15. The van der Waals surface area contributed by atoms with Crippen LogP contribution in [0.3, 0.4) is 0 Å². The number of aromatic nitrogens is 1. The number of ether oxygens (including phenoxy) is 2. The highest BCUT2D eigenvalue weighted by atomic mass is 16.5. The average Bonchev–Trinajstić information content (AvgIpc) is 2.76. The Labute approximate surface area is 99.1 Å². The summed E-state index contributed by atoms with van der Waals surface area (Å²) in [5.74, 6) is 2.18. The molecular formula is C12H14N2O3. The monoisotopic (exact) mass is 234 g/mol. The van der Waals surface area contributed by atoms with Crippen LogP contribution >= 0.6 is 0 Å². The lowest BCUT2D eigenvalue weighted by molar-refractivity contribution is 0.311. The van der Waals surface area contributed by atoms with Crippen LogP contribution in [0, 0.1) is 0 Å². The van der Waals surface area contributed by atoms with E-state index in [-0.39, 0.29) is 0 Å². The Balaban J connectivity index is 2.52. The van der Waals surface area contributed by atoms with E-state index in [2.05, 4.69) is 5.16 Å². The van der Waals surface area contributed by atoms with Gasteiger partial charge in [0.2, 0.25) is 0 Å². The van der Waals surface area contributed by atoms with Gasteiger partial charge in [0, 0.05) is 6.07 Å². The maximum atomic E-state index is 5.57. The Morgan fingerprint density at radius 3 is 2.82 bits per heavy atom. The summed E-state index contributed by atoms with van der Waals surface area (Å²) < 4.78 is 15.9. The second-order valence-electron chi connectivity index (χ2n) is 3.39. The number of rotatable bonds is 4. The minimum Gasteiger partial charge on any atom is -0.493 e. The summed E-state index contributed by atoms with van der Waals surface area (Å²) in [6, 6.07) is 7.20. The summed E-state index contributed by atoms with van der Waals surface area (Å²) in [6.45, 7) is 2.45. The second kappa shape index (κ2) is 4.78. The first kappa shape index (κ1) is 11.3. The zero-order chi connectivity index (χ0) is 12.3. The Bertz CT molecular complexity index is 508. The summed E-state index contributed by atoms with van der Waals surface area (Å²) in [7, 11) is 1.59. The summed E-state index contributed by atoms with van der Waals surface area (Å²) in [5, 5.41) is 3.66. The maximum absolute atomic E-state index is 5.57. The van der Waals surface area contributed by atoms with Crippen LogP contribution < -0.4 is 15.2 Å². The zero-order valence-corrected chi connectivity index (χ0v) is 9.77. The van der Waals surface area contributed by atoms with Crippen molar-refractivity contribution in [3.8, 4) is 22.8 Å². The van der Waals surface area contributed by atoms with Crippen LogP contribution in [-0.4, -0.2) is 18.9 Å². The highest BCUT2D eigenvalue weighted by molar-refractivity contribution is 5.71. The Morgan fingerprint density at radius 2 is 2.24 bits per heavy atom. The van der Waals surface area contributed by atoms with E-state index in [0.29, 0.717) is 29.7 Å². The van der Waals surface area contributed by atoms with Gasteiger partial charge < -0.3 is 19.7 Å². The largest absolute Gasteiger partial charge is 0.493 e. The van der Waals surface area contributed by atoms with Crippen LogP contribution in [-0.2, 0) is 0 Å². The van der Waals surface area contributed by atoms with E-state index >= 15 is 0 Å². The van der Waals surface area contributed by atoms with Crippen molar-refractivity contribution in [3.63, 3.8) is 0 Å². The number of anilines is 1. The summed E-state index contributed by atoms with van der Waals surface area (Å²) in [4.78, 5) is 0. The molecule has 0 bridgehead atoms. The van der Waals surface area contributed by atoms with Crippen molar-refractivity contribution < 1.29 is 14.0 Å². The molecule has 0 atom stereocenters. The van der Waals surface area contributed by atoms with E-state index in [0.717, 1.165) is 5.56 Å². The number of para-hydroxylation sites is 1. The number of hydrogen-bond acceptors (Lipinski definition) is 5. The molecule has 0 radical (unpaired) electrons. The van der Waals surface area contributed by atoms with Crippen molar-refractivity contribution in [2.75, 3.05) is 19.5 Å². The molecule has 0 fully saturated rings. The zero-order valence-electron chi connectivity index (χ0n) is 9.77. The minimum atomic E-state index is 0.338. The first-order valence-electron chi connectivity index (χ1n) is 5.28. The quantitative estimate of drug-likeness (QED) is 0.879. The van der Waals surface area contributed by atoms with E-state index in [1.165, 1.54) is 0 Å². The predicted octanol–water partition coefficient (Wildman–Crippen LogP) is 2.33. The summed E-state index contributed by atoms with van der Waals surface area (Å²) >= 11 is 0. The molecule has 0 aliphatic rings. The van der Waals surface area contributed by atoms with Crippen molar-refractivity contribution in [2.24, 2.45) is 0 Å². The molecule has 0 aliphatic heterocycles. The van der Waals surface area contributed by atoms with E-state index in [4.69, 9.17) is 19.7 Å². The van der Waals surface area contributed by atoms with Crippen LogP contribution in [0.2, 0.25) is 0 Å². The molecule has 0 unspecified atom stereocenters. The Kier molecular flexibility index (Phi) is 3.18. The highest BCUT2D eigenvalue weighted by Crippen LogP contribution is 2.38. The number of benzene rings is 1. The molecule has 0 saturated heterocycles. The lowest BCUT2D eigenvalue weighted by Crippen LogP contribution is -1.97. The van der Waals surface area contributed by atoms with Crippen molar-refractivity contribution >= 4 is 5.82 Å². The van der Waals surface area contributed by atoms with Crippen LogP contribution in [0.25, 0.3) is 11.3 Å². The van der Waals surface area contributed by atoms with Gasteiger partial charge in [0.05, 0.1) is 19.3 Å². The van der Waals surface area contributed by atoms with Crippen molar-refractivity contribution in [1.29, 1.82) is 0 Å². The third-order valence-corrected chi connectivity index (χ3v) is 2.28. The summed E-state index contributed by atoms with van der Waals surface area (Å²) in [6.07, 6.45) is 0. The van der Waals surface area contributed by atoms with Crippen molar-refractivity contribution in [1.82, 2.24) is 5.16 Å². The third kappa shape index (κ3) is 2.18. The number of hydrogen-bond donors (Lipinski definition) is 1. The van der Waals surface area contributed by atoms with E-state index in [1.807, 2.05) is 25.1 Å². The van der Waals surface area contributed by atoms with Crippen molar-refractivity contribution in [3.05, 3.63) is 24.3 Å². The van der Waals surface area contributed by atoms with Crippen LogP contribution in [0.1, 0.15) is 6.92 Å². The number of nitrogens with zero attached hydrogens (tertiary/aromatic N) is 1. The smallest absolute Gasteiger partial charge is 0.172 e. The standard InChI is InChI=1S/C12H14N2O3/c1-3-16-12-8(5-4-6-9(12)15-2)10-7-11(13)14-17-10/h4-7H,3H2,1-2H3,(H2,13,14). The fourth-order valence-corrected chi connectivity index (χ4v) is 1.58. The molecule has 1 aromatic heterocycles. The molecule has 0 spiro atoms. The van der Waals surface area contributed by atoms with Crippen molar-refractivity contribution in [2.45, 2.75) is 6.92 Å². The SMILES string of the molecule is CCOc1c(OC)cccc1-c1cc(N)no1. The lowest BCUT2D eigenvalue weighted by Gasteiger charge is -2.11. The first-order chi connectivity index (χ1) is 8.26. The van der Waals surface area contributed by atoms with Gasteiger partial charge in [-0.15, -0.1) is 0 Å². The van der Waals surface area contributed by atoms with Gasteiger partial charge in [-0.05, 0) is 19.1 Å². The molecule has 2 aromatic rings. The third-order valence-electron chi connectivity index (χ3n) is 2.28. The molecular weight excluding hydrogens is 220 g/mol. The first-order valence-corrected chi connectivity index (χ1v) is 5.28. The van der Waals surface area contributed by atoms with Gasteiger partial charge in [0.15, 0.2) is 23.1 Å². The van der Waals surface area contributed by atoms with Gasteiger partial charge in [-0.2, -0.15) is 0 Å². The fraction of sp³-hybridized carbons (Fsp3) is 0.250. The average molecular weight is 234 g/mol. The van der Waals surface area contributed by atoms with E-state index < -0.39 is 0 Å². The second-order valence-corrected chi connectivity index (χ2v) is 3.39. The molecule has 5 nitrogen and oxygen atoms in total. The molecule has 1 heterocycles.